The van der Waals surface area contributed by atoms with Crippen LogP contribution in [0.4, 0.5) is 5.69 Å². The van der Waals surface area contributed by atoms with E-state index in [1.807, 2.05) is 12.1 Å². The number of rotatable bonds is 5. The van der Waals surface area contributed by atoms with Crippen LogP contribution < -0.4 is 10.6 Å². The molecule has 26 heavy (non-hydrogen) atoms. The average molecular weight is 372 g/mol. The normalized spacial score (nSPS) is 14.7. The Morgan fingerprint density at radius 3 is 2.50 bits per heavy atom. The Labute approximate surface area is 158 Å². The van der Waals surface area contributed by atoms with Crippen molar-refractivity contribution in [2.45, 2.75) is 38.6 Å². The molecular weight excluding hydrogens is 350 g/mol. The lowest BCUT2D eigenvalue weighted by molar-refractivity contribution is -0.126. The van der Waals surface area contributed by atoms with Crippen molar-refractivity contribution in [3.05, 3.63) is 58.9 Å². The van der Waals surface area contributed by atoms with Crippen molar-refractivity contribution < 1.29 is 9.59 Å². The van der Waals surface area contributed by atoms with Crippen LogP contribution in [0.2, 0.25) is 5.15 Å². The van der Waals surface area contributed by atoms with E-state index in [9.17, 15) is 9.59 Å². The molecule has 1 aromatic carbocycles. The Morgan fingerprint density at radius 1 is 1.08 bits per heavy atom. The van der Waals surface area contributed by atoms with Gasteiger partial charge in [0.15, 0.2) is 5.15 Å². The summed E-state index contributed by atoms with van der Waals surface area (Å²) in [5.74, 6) is 0.0356. The standard InChI is InChI=1S/C20H22ClN3O2/c21-18-17(7-4-12-22-18)24-20(26)16-10-8-14(9-11-16)13-23-19(25)15-5-2-1-3-6-15/h4,7-12,15H,1-3,5-6,13H2,(H,23,25)(H,24,26). The van der Waals surface area contributed by atoms with Crippen molar-refractivity contribution in [2.24, 2.45) is 5.92 Å². The van der Waals surface area contributed by atoms with Gasteiger partial charge in [0.25, 0.3) is 5.91 Å². The highest BCUT2D eigenvalue weighted by molar-refractivity contribution is 6.32. The SMILES string of the molecule is O=C(Nc1cccnc1Cl)c1ccc(CNC(=O)C2CCCCC2)cc1. The molecule has 3 rings (SSSR count). The zero-order valence-electron chi connectivity index (χ0n) is 14.5. The van der Waals surface area contributed by atoms with Crippen LogP contribution in [0, 0.1) is 5.92 Å². The van der Waals surface area contributed by atoms with Gasteiger partial charge in [0.2, 0.25) is 5.91 Å². The van der Waals surface area contributed by atoms with Gasteiger partial charge in [0, 0.05) is 24.2 Å². The van der Waals surface area contributed by atoms with E-state index in [4.69, 9.17) is 11.6 Å². The predicted octanol–water partition coefficient (Wildman–Crippen LogP) is 4.18. The van der Waals surface area contributed by atoms with E-state index in [0.29, 0.717) is 17.8 Å². The van der Waals surface area contributed by atoms with Gasteiger partial charge in [0.1, 0.15) is 0 Å². The van der Waals surface area contributed by atoms with Gasteiger partial charge in [-0.05, 0) is 42.7 Å². The van der Waals surface area contributed by atoms with Crippen LogP contribution in [0.15, 0.2) is 42.6 Å². The maximum atomic E-state index is 12.3. The molecule has 1 saturated carbocycles. The first-order chi connectivity index (χ1) is 12.6. The minimum Gasteiger partial charge on any atom is -0.352 e. The van der Waals surface area contributed by atoms with Crippen molar-refractivity contribution in [3.63, 3.8) is 0 Å². The highest BCUT2D eigenvalue weighted by Gasteiger charge is 2.20. The Bertz CT molecular complexity index is 771. The maximum Gasteiger partial charge on any atom is 0.255 e. The number of amides is 2. The van der Waals surface area contributed by atoms with Gasteiger partial charge >= 0.3 is 0 Å². The van der Waals surface area contributed by atoms with Crippen molar-refractivity contribution >= 4 is 29.1 Å². The number of aromatic nitrogens is 1. The van der Waals surface area contributed by atoms with E-state index in [1.165, 1.54) is 6.42 Å². The molecule has 1 fully saturated rings. The van der Waals surface area contributed by atoms with Crippen LogP contribution in [0.5, 0.6) is 0 Å². The lowest BCUT2D eigenvalue weighted by Crippen LogP contribution is -2.31. The molecule has 5 nitrogen and oxygen atoms in total. The largest absolute Gasteiger partial charge is 0.352 e. The topological polar surface area (TPSA) is 71.1 Å². The number of nitrogens with one attached hydrogen (secondary N) is 2. The number of carbonyl (C=O) groups excluding carboxylic acids is 2. The second-order valence-electron chi connectivity index (χ2n) is 6.55. The molecule has 6 heteroatoms. The minimum atomic E-state index is -0.252. The number of nitrogens with zero attached hydrogens (tertiary/aromatic N) is 1. The smallest absolute Gasteiger partial charge is 0.255 e. The predicted molar refractivity (Wildman–Crippen MR) is 102 cm³/mol. The number of pyridine rings is 1. The fourth-order valence-electron chi connectivity index (χ4n) is 3.15. The van der Waals surface area contributed by atoms with Gasteiger partial charge in [-0.15, -0.1) is 0 Å². The van der Waals surface area contributed by atoms with Crippen LogP contribution in [0.3, 0.4) is 0 Å². The Balaban J connectivity index is 1.53. The summed E-state index contributed by atoms with van der Waals surface area (Å²) >= 11 is 5.95. The van der Waals surface area contributed by atoms with Crippen molar-refractivity contribution in [3.8, 4) is 0 Å². The van der Waals surface area contributed by atoms with E-state index in [2.05, 4.69) is 15.6 Å². The van der Waals surface area contributed by atoms with Gasteiger partial charge in [0.05, 0.1) is 5.69 Å². The molecule has 0 spiro atoms. The lowest BCUT2D eigenvalue weighted by atomic mass is 9.88. The molecule has 1 heterocycles. The van der Waals surface area contributed by atoms with Gasteiger partial charge in [-0.2, -0.15) is 0 Å². The second-order valence-corrected chi connectivity index (χ2v) is 6.90. The molecule has 136 valence electrons. The molecule has 2 aromatic rings. The van der Waals surface area contributed by atoms with E-state index >= 15 is 0 Å². The van der Waals surface area contributed by atoms with Crippen LogP contribution in [0.25, 0.3) is 0 Å². The van der Waals surface area contributed by atoms with E-state index in [-0.39, 0.29) is 22.9 Å². The number of anilines is 1. The monoisotopic (exact) mass is 371 g/mol. The summed E-state index contributed by atoms with van der Waals surface area (Å²) in [6.07, 6.45) is 7.06. The maximum absolute atomic E-state index is 12.3. The summed E-state index contributed by atoms with van der Waals surface area (Å²) in [6, 6.07) is 10.6. The lowest BCUT2D eigenvalue weighted by Gasteiger charge is -2.20. The number of benzene rings is 1. The summed E-state index contributed by atoms with van der Waals surface area (Å²) < 4.78 is 0. The van der Waals surface area contributed by atoms with Gasteiger partial charge in [-0.1, -0.05) is 43.0 Å². The molecule has 0 aliphatic heterocycles. The number of hydrogen-bond donors (Lipinski definition) is 2. The minimum absolute atomic E-state index is 0.137. The molecule has 0 bridgehead atoms. The van der Waals surface area contributed by atoms with E-state index in [1.54, 1.807) is 30.5 Å². The zero-order chi connectivity index (χ0) is 18.4. The Hall–Kier alpha value is -2.40. The third-order valence-corrected chi connectivity index (χ3v) is 4.97. The Kier molecular flexibility index (Phi) is 6.23. The molecule has 1 aromatic heterocycles. The van der Waals surface area contributed by atoms with Crippen molar-refractivity contribution in [2.75, 3.05) is 5.32 Å². The number of carbonyl (C=O) groups is 2. The van der Waals surface area contributed by atoms with Gasteiger partial charge < -0.3 is 10.6 Å². The third-order valence-electron chi connectivity index (χ3n) is 4.67. The molecule has 0 unspecified atom stereocenters. The van der Waals surface area contributed by atoms with Gasteiger partial charge in [-0.25, -0.2) is 4.98 Å². The molecule has 2 amide bonds. The molecule has 0 radical (unpaired) electrons. The summed E-state index contributed by atoms with van der Waals surface area (Å²) in [6.45, 7) is 0.478. The van der Waals surface area contributed by atoms with E-state index < -0.39 is 0 Å². The number of hydrogen-bond acceptors (Lipinski definition) is 3. The van der Waals surface area contributed by atoms with Crippen LogP contribution in [-0.2, 0) is 11.3 Å². The Morgan fingerprint density at radius 2 is 1.81 bits per heavy atom. The molecule has 0 saturated heterocycles. The fraction of sp³-hybridized carbons (Fsp3) is 0.350. The highest BCUT2D eigenvalue weighted by atomic mass is 35.5. The van der Waals surface area contributed by atoms with Crippen LogP contribution in [0.1, 0.15) is 48.0 Å². The number of halogens is 1. The fourth-order valence-corrected chi connectivity index (χ4v) is 3.31. The summed E-state index contributed by atoms with van der Waals surface area (Å²) in [4.78, 5) is 28.4. The van der Waals surface area contributed by atoms with Crippen LogP contribution >= 0.6 is 11.6 Å². The van der Waals surface area contributed by atoms with Crippen LogP contribution in [-0.4, -0.2) is 16.8 Å². The second kappa shape index (κ2) is 8.81. The summed E-state index contributed by atoms with van der Waals surface area (Å²) in [7, 11) is 0. The molecule has 1 aliphatic carbocycles. The zero-order valence-corrected chi connectivity index (χ0v) is 15.3. The van der Waals surface area contributed by atoms with Crippen molar-refractivity contribution in [1.29, 1.82) is 0 Å². The summed E-state index contributed by atoms with van der Waals surface area (Å²) in [5.41, 5.74) is 1.96. The first kappa shape index (κ1) is 18.4. The quantitative estimate of drug-likeness (QED) is 0.774. The average Bonchev–Trinajstić information content (AvgIpc) is 2.69. The molecule has 0 atom stereocenters. The first-order valence-electron chi connectivity index (χ1n) is 8.92. The first-order valence-corrected chi connectivity index (χ1v) is 9.30. The highest BCUT2D eigenvalue weighted by Crippen LogP contribution is 2.23. The van der Waals surface area contributed by atoms with Gasteiger partial charge in [-0.3, -0.25) is 9.59 Å². The molecule has 2 N–H and O–H groups in total. The third kappa shape index (κ3) is 4.82. The molecular formula is C20H22ClN3O2. The van der Waals surface area contributed by atoms with Crippen molar-refractivity contribution in [1.82, 2.24) is 10.3 Å². The van der Waals surface area contributed by atoms with E-state index in [0.717, 1.165) is 31.2 Å². The molecule has 1 aliphatic rings. The summed E-state index contributed by atoms with van der Waals surface area (Å²) in [5, 5.41) is 5.99.